The molecule has 6 rings (SSSR count). The molecule has 0 bridgehead atoms. The van der Waals surface area contributed by atoms with E-state index >= 15 is 0 Å². The van der Waals surface area contributed by atoms with E-state index in [1.165, 1.54) is 38.9 Å². The molecule has 0 fully saturated rings. The molecule has 5 aromatic rings. The number of nitrogens with two attached hydrogens (primary N) is 1. The van der Waals surface area contributed by atoms with Gasteiger partial charge in [0.25, 0.3) is 0 Å². The molecule has 0 spiro atoms. The average Bonchev–Trinajstić information content (AvgIpc) is 3.41. The molecule has 214 valence electrons. The van der Waals surface area contributed by atoms with Crippen LogP contribution in [-0.4, -0.2) is 11.7 Å². The molecular weight excluding hydrogens is 534 g/mol. The second-order valence-electron chi connectivity index (χ2n) is 10.7. The largest absolute Gasteiger partial charge is 0.383 e. The van der Waals surface area contributed by atoms with Crippen molar-refractivity contribution in [2.45, 2.75) is 19.4 Å². The van der Waals surface area contributed by atoms with Crippen LogP contribution in [0.4, 0.5) is 0 Å². The zero-order chi connectivity index (χ0) is 30.1. The van der Waals surface area contributed by atoms with Gasteiger partial charge < -0.3 is 5.73 Å². The van der Waals surface area contributed by atoms with E-state index < -0.39 is 0 Å². The quantitative estimate of drug-likeness (QED) is 0.111. The molecule has 1 unspecified atom stereocenters. The van der Waals surface area contributed by atoms with Crippen molar-refractivity contribution >= 4 is 11.7 Å². The van der Waals surface area contributed by atoms with E-state index in [2.05, 4.69) is 121 Å². The van der Waals surface area contributed by atoms with Crippen LogP contribution in [0.5, 0.6) is 0 Å². The predicted molar refractivity (Wildman–Crippen MR) is 186 cm³/mol. The van der Waals surface area contributed by atoms with Gasteiger partial charge in [-0.25, -0.2) is 4.99 Å². The fourth-order valence-corrected chi connectivity index (χ4v) is 5.67. The first-order valence-corrected chi connectivity index (χ1v) is 15.0. The second kappa shape index (κ2) is 13.6. The minimum Gasteiger partial charge on any atom is -0.383 e. The Morgan fingerprint density at radius 2 is 1.32 bits per heavy atom. The number of allylic oxidation sites excluding steroid dienone is 5. The number of aliphatic imine (C=N–C) groups is 2. The van der Waals surface area contributed by atoms with E-state index in [1.54, 1.807) is 0 Å². The maximum Gasteiger partial charge on any atom is 0.149 e. The summed E-state index contributed by atoms with van der Waals surface area (Å²) < 4.78 is 0. The van der Waals surface area contributed by atoms with E-state index in [4.69, 9.17) is 15.7 Å². The molecular formula is C41H35N3. The Hall–Kier alpha value is -5.54. The van der Waals surface area contributed by atoms with E-state index in [9.17, 15) is 0 Å². The van der Waals surface area contributed by atoms with Crippen LogP contribution in [-0.2, 0) is 6.54 Å². The van der Waals surface area contributed by atoms with Gasteiger partial charge in [0.05, 0.1) is 6.54 Å². The molecule has 3 nitrogen and oxygen atoms in total. The zero-order valence-electron chi connectivity index (χ0n) is 24.8. The Balaban J connectivity index is 1.31. The van der Waals surface area contributed by atoms with Gasteiger partial charge in [0, 0.05) is 11.5 Å². The number of hydrogen-bond acceptors (Lipinski definition) is 1. The molecule has 0 radical (unpaired) electrons. The van der Waals surface area contributed by atoms with Gasteiger partial charge in [0.15, 0.2) is 0 Å². The van der Waals surface area contributed by atoms with Crippen molar-refractivity contribution in [3.05, 3.63) is 192 Å². The van der Waals surface area contributed by atoms with Gasteiger partial charge in [-0.3, -0.25) is 4.99 Å². The molecule has 1 aliphatic rings. The number of fused-ring (bicyclic) bond motifs is 3. The van der Waals surface area contributed by atoms with Crippen molar-refractivity contribution in [1.82, 2.24) is 0 Å². The number of nitrogens with zero attached hydrogens (tertiary/aromatic N) is 2. The van der Waals surface area contributed by atoms with E-state index in [0.717, 1.165) is 11.1 Å². The summed E-state index contributed by atoms with van der Waals surface area (Å²) in [6.07, 6.45) is 11.8. The topological polar surface area (TPSA) is 50.7 Å². The molecule has 1 atom stereocenters. The molecule has 0 saturated heterocycles. The summed E-state index contributed by atoms with van der Waals surface area (Å²) in [5.74, 6) is 1.16. The molecule has 0 aliphatic heterocycles. The number of amidine groups is 2. The highest BCUT2D eigenvalue weighted by atomic mass is 15.0. The maximum atomic E-state index is 6.69. The minimum absolute atomic E-state index is 0.152. The molecule has 1 aliphatic carbocycles. The SMILES string of the molecule is C\C=C/C=C\C=C\C(=NCc1ccc(-c2ccccc2)cc1)N=C(N)c1ccc2c(c1)C(c1ccccc1)c1ccccc1-2. The third-order valence-electron chi connectivity index (χ3n) is 7.84. The lowest BCUT2D eigenvalue weighted by atomic mass is 9.89. The predicted octanol–water partition coefficient (Wildman–Crippen LogP) is 9.51. The Bertz CT molecular complexity index is 1880. The van der Waals surface area contributed by atoms with Gasteiger partial charge in [-0.05, 0) is 63.6 Å². The minimum atomic E-state index is 0.152. The van der Waals surface area contributed by atoms with Gasteiger partial charge in [-0.15, -0.1) is 0 Å². The molecule has 0 saturated carbocycles. The zero-order valence-corrected chi connectivity index (χ0v) is 24.8. The molecule has 3 heteroatoms. The summed E-state index contributed by atoms with van der Waals surface area (Å²) >= 11 is 0. The summed E-state index contributed by atoms with van der Waals surface area (Å²) in [5, 5.41) is 0. The maximum absolute atomic E-state index is 6.69. The molecule has 0 aromatic heterocycles. The first-order valence-electron chi connectivity index (χ1n) is 15.0. The van der Waals surface area contributed by atoms with E-state index in [0.29, 0.717) is 18.2 Å². The van der Waals surface area contributed by atoms with Crippen LogP contribution < -0.4 is 5.73 Å². The van der Waals surface area contributed by atoms with Crippen molar-refractivity contribution in [1.29, 1.82) is 0 Å². The van der Waals surface area contributed by atoms with Crippen LogP contribution in [0, 0.1) is 0 Å². The van der Waals surface area contributed by atoms with Crippen LogP contribution in [0.15, 0.2) is 174 Å². The third-order valence-corrected chi connectivity index (χ3v) is 7.84. The van der Waals surface area contributed by atoms with Crippen molar-refractivity contribution in [2.24, 2.45) is 15.7 Å². The lowest BCUT2D eigenvalue weighted by Crippen LogP contribution is -2.16. The summed E-state index contributed by atoms with van der Waals surface area (Å²) in [7, 11) is 0. The Morgan fingerprint density at radius 1 is 0.659 bits per heavy atom. The Morgan fingerprint density at radius 3 is 2.09 bits per heavy atom. The van der Waals surface area contributed by atoms with Crippen molar-refractivity contribution in [3.63, 3.8) is 0 Å². The van der Waals surface area contributed by atoms with Crippen molar-refractivity contribution in [3.8, 4) is 22.3 Å². The lowest BCUT2D eigenvalue weighted by Gasteiger charge is -2.15. The van der Waals surface area contributed by atoms with Crippen LogP contribution in [0.3, 0.4) is 0 Å². The Labute approximate surface area is 260 Å². The lowest BCUT2D eigenvalue weighted by molar-refractivity contribution is 1.01. The standard InChI is InChI=1S/C41H35N3/c1-2-3-4-5-12-21-39(43-29-30-22-24-32(25-23-30)31-15-8-6-9-16-31)44-41(42)34-26-27-36-35-19-13-14-20-37(35)40(38(36)28-34)33-17-10-7-11-18-33/h2-28,40H,29H2,1H3,(H2,42,43,44)/b3-2-,5-4-,21-12+. The smallest absolute Gasteiger partial charge is 0.149 e. The monoisotopic (exact) mass is 569 g/mol. The van der Waals surface area contributed by atoms with Crippen LogP contribution in [0.1, 0.15) is 40.7 Å². The third kappa shape index (κ3) is 6.43. The molecule has 44 heavy (non-hydrogen) atoms. The van der Waals surface area contributed by atoms with Gasteiger partial charge in [-0.2, -0.15) is 0 Å². The van der Waals surface area contributed by atoms with Gasteiger partial charge in [0.1, 0.15) is 11.7 Å². The molecule has 2 N–H and O–H groups in total. The molecule has 0 amide bonds. The summed E-state index contributed by atoms with van der Waals surface area (Å²) in [6, 6.07) is 44.7. The second-order valence-corrected chi connectivity index (χ2v) is 10.7. The molecule has 0 heterocycles. The number of benzene rings is 5. The highest BCUT2D eigenvalue weighted by Crippen LogP contribution is 2.48. The van der Waals surface area contributed by atoms with Crippen molar-refractivity contribution in [2.75, 3.05) is 0 Å². The highest BCUT2D eigenvalue weighted by molar-refractivity contribution is 6.09. The van der Waals surface area contributed by atoms with E-state index in [-0.39, 0.29) is 5.92 Å². The normalized spacial score (nSPS) is 14.9. The fraction of sp³-hybridized carbons (Fsp3) is 0.0732. The summed E-state index contributed by atoms with van der Waals surface area (Å²) in [5.41, 5.74) is 17.4. The highest BCUT2D eigenvalue weighted by Gasteiger charge is 2.30. The average molecular weight is 570 g/mol. The molecule has 5 aromatic carbocycles. The van der Waals surface area contributed by atoms with Gasteiger partial charge in [-0.1, -0.05) is 152 Å². The summed E-state index contributed by atoms with van der Waals surface area (Å²) in [4.78, 5) is 9.68. The first-order chi connectivity index (χ1) is 21.7. The Kier molecular flexibility index (Phi) is 8.85. The van der Waals surface area contributed by atoms with Gasteiger partial charge >= 0.3 is 0 Å². The number of hydrogen-bond donors (Lipinski definition) is 1. The van der Waals surface area contributed by atoms with Gasteiger partial charge in [0.2, 0.25) is 0 Å². The van der Waals surface area contributed by atoms with Crippen LogP contribution in [0.2, 0.25) is 0 Å². The fourth-order valence-electron chi connectivity index (χ4n) is 5.67. The first kappa shape index (κ1) is 28.6. The van der Waals surface area contributed by atoms with Crippen molar-refractivity contribution < 1.29 is 0 Å². The summed E-state index contributed by atoms with van der Waals surface area (Å²) in [6.45, 7) is 2.49. The van der Waals surface area contributed by atoms with Crippen LogP contribution in [0.25, 0.3) is 22.3 Å². The van der Waals surface area contributed by atoms with E-state index in [1.807, 2.05) is 49.4 Å². The van der Waals surface area contributed by atoms with Crippen LogP contribution >= 0.6 is 0 Å². The number of rotatable bonds is 8.